The number of aryl methyl sites for hydroxylation is 1. The first-order valence-electron chi connectivity index (χ1n) is 8.92. The second-order valence-corrected chi connectivity index (χ2v) is 8.70. The van der Waals surface area contributed by atoms with Gasteiger partial charge in [-0.2, -0.15) is 0 Å². The first kappa shape index (κ1) is 17.9. The fraction of sp³-hybridized carbons (Fsp3) is 0.238. The lowest BCUT2D eigenvalue weighted by Crippen LogP contribution is -2.16. The Morgan fingerprint density at radius 3 is 2.48 bits per heavy atom. The molecule has 1 unspecified atom stereocenters. The van der Waals surface area contributed by atoms with Crippen LogP contribution in [0, 0.1) is 12.7 Å². The maximum Gasteiger partial charge on any atom is 0.268 e. The van der Waals surface area contributed by atoms with Gasteiger partial charge in [-0.25, -0.2) is 16.8 Å². The summed E-state index contributed by atoms with van der Waals surface area (Å²) in [5, 5.41) is 3.22. The van der Waals surface area contributed by atoms with Crippen LogP contribution in [0.3, 0.4) is 0 Å². The van der Waals surface area contributed by atoms with E-state index in [0.717, 1.165) is 23.1 Å². The van der Waals surface area contributed by atoms with Crippen LogP contribution in [0.15, 0.2) is 59.6 Å². The molecule has 0 amide bonds. The molecule has 0 spiro atoms. The second kappa shape index (κ2) is 6.62. The molecule has 1 N–H and O–H groups in total. The van der Waals surface area contributed by atoms with E-state index in [1.54, 1.807) is 48.7 Å². The van der Waals surface area contributed by atoms with Crippen molar-refractivity contribution < 1.29 is 12.8 Å². The first-order valence-corrected chi connectivity index (χ1v) is 10.4. The van der Waals surface area contributed by atoms with Crippen LogP contribution in [0.2, 0.25) is 0 Å². The minimum Gasteiger partial charge on any atom is -0.313 e. The third kappa shape index (κ3) is 2.89. The summed E-state index contributed by atoms with van der Waals surface area (Å²) in [7, 11) is -1.98. The van der Waals surface area contributed by atoms with E-state index in [1.807, 2.05) is 14.0 Å². The van der Waals surface area contributed by atoms with Gasteiger partial charge in [0.25, 0.3) is 10.0 Å². The van der Waals surface area contributed by atoms with Crippen molar-refractivity contribution in [1.82, 2.24) is 9.29 Å². The fourth-order valence-corrected chi connectivity index (χ4v) is 5.20. The molecule has 6 heteroatoms. The van der Waals surface area contributed by atoms with Crippen LogP contribution in [-0.4, -0.2) is 19.4 Å². The van der Waals surface area contributed by atoms with E-state index in [4.69, 9.17) is 0 Å². The molecule has 4 rings (SSSR count). The summed E-state index contributed by atoms with van der Waals surface area (Å²) < 4.78 is 42.6. The lowest BCUT2D eigenvalue weighted by atomic mass is 10.1. The van der Waals surface area contributed by atoms with E-state index in [2.05, 4.69) is 5.32 Å². The maximum absolute atomic E-state index is 14.6. The summed E-state index contributed by atoms with van der Waals surface area (Å²) in [6, 6.07) is 13.1. The van der Waals surface area contributed by atoms with Crippen molar-refractivity contribution in [2.75, 3.05) is 7.05 Å². The highest BCUT2D eigenvalue weighted by molar-refractivity contribution is 7.90. The Bertz CT molecular complexity index is 1100. The average Bonchev–Trinajstić information content (AvgIpc) is 3.22. The Morgan fingerprint density at radius 1 is 1.11 bits per heavy atom. The van der Waals surface area contributed by atoms with Crippen molar-refractivity contribution in [2.24, 2.45) is 0 Å². The molecule has 0 fully saturated rings. The van der Waals surface area contributed by atoms with Crippen molar-refractivity contribution in [3.8, 4) is 11.3 Å². The molecule has 0 radical (unpaired) electrons. The van der Waals surface area contributed by atoms with Crippen LogP contribution >= 0.6 is 0 Å². The largest absolute Gasteiger partial charge is 0.313 e. The monoisotopic (exact) mass is 384 g/mol. The lowest BCUT2D eigenvalue weighted by Gasteiger charge is -2.14. The van der Waals surface area contributed by atoms with Gasteiger partial charge < -0.3 is 5.32 Å². The highest BCUT2D eigenvalue weighted by Crippen LogP contribution is 2.41. The van der Waals surface area contributed by atoms with E-state index in [-0.39, 0.29) is 10.9 Å². The SMILES string of the molecule is CNC1CCc2c1cn(S(=O)(=O)c1ccc(C)cc1)c2-c1ccccc1F. The van der Waals surface area contributed by atoms with Crippen molar-refractivity contribution in [3.63, 3.8) is 0 Å². The van der Waals surface area contributed by atoms with Gasteiger partial charge in [0.15, 0.2) is 0 Å². The van der Waals surface area contributed by atoms with Crippen molar-refractivity contribution in [3.05, 3.63) is 77.2 Å². The van der Waals surface area contributed by atoms with Gasteiger partial charge in [0, 0.05) is 17.8 Å². The first-order chi connectivity index (χ1) is 12.9. The quantitative estimate of drug-likeness (QED) is 0.738. The fourth-order valence-electron chi connectivity index (χ4n) is 3.79. The Morgan fingerprint density at radius 2 is 1.81 bits per heavy atom. The zero-order valence-electron chi connectivity index (χ0n) is 15.2. The predicted octanol–water partition coefficient (Wildman–Crippen LogP) is 4.05. The van der Waals surface area contributed by atoms with Crippen molar-refractivity contribution in [2.45, 2.75) is 30.7 Å². The van der Waals surface area contributed by atoms with E-state index >= 15 is 0 Å². The molecule has 0 bridgehead atoms. The number of hydrogen-bond acceptors (Lipinski definition) is 3. The van der Waals surface area contributed by atoms with Gasteiger partial charge in [0.05, 0.1) is 10.6 Å². The molecule has 140 valence electrons. The molecule has 4 nitrogen and oxygen atoms in total. The number of benzene rings is 2. The minimum absolute atomic E-state index is 0.0694. The third-order valence-electron chi connectivity index (χ3n) is 5.22. The lowest BCUT2D eigenvalue weighted by molar-refractivity contribution is 0.578. The topological polar surface area (TPSA) is 51.1 Å². The Balaban J connectivity index is 1.99. The Labute approximate surface area is 158 Å². The normalized spacial score (nSPS) is 16.5. The highest BCUT2D eigenvalue weighted by Gasteiger charge is 2.33. The Hall–Kier alpha value is -2.44. The van der Waals surface area contributed by atoms with Gasteiger partial charge in [0.1, 0.15) is 5.82 Å². The van der Waals surface area contributed by atoms with Gasteiger partial charge in [-0.15, -0.1) is 0 Å². The third-order valence-corrected chi connectivity index (χ3v) is 6.90. The summed E-state index contributed by atoms with van der Waals surface area (Å²) in [6.45, 7) is 1.91. The molecule has 1 aliphatic rings. The predicted molar refractivity (Wildman–Crippen MR) is 104 cm³/mol. The zero-order valence-corrected chi connectivity index (χ0v) is 16.1. The van der Waals surface area contributed by atoms with Gasteiger partial charge >= 0.3 is 0 Å². The standard InChI is InChI=1S/C21H21FN2O2S/c1-14-7-9-15(10-8-14)27(25,26)24-13-18-16(11-12-20(18)23-2)21(24)17-5-3-4-6-19(17)22/h3-10,13,20,23H,11-12H2,1-2H3. The van der Waals surface area contributed by atoms with Crippen LogP contribution < -0.4 is 5.32 Å². The van der Waals surface area contributed by atoms with Crippen molar-refractivity contribution in [1.29, 1.82) is 0 Å². The number of fused-ring (bicyclic) bond motifs is 1. The van der Waals surface area contributed by atoms with E-state index in [0.29, 0.717) is 17.7 Å². The highest BCUT2D eigenvalue weighted by atomic mass is 32.2. The zero-order chi connectivity index (χ0) is 19.2. The van der Waals surface area contributed by atoms with Crippen LogP contribution in [0.5, 0.6) is 0 Å². The molecule has 1 aliphatic carbocycles. The molecule has 0 aliphatic heterocycles. The summed E-state index contributed by atoms with van der Waals surface area (Å²) in [6.07, 6.45) is 3.23. The second-order valence-electron chi connectivity index (χ2n) is 6.89. The van der Waals surface area contributed by atoms with Crippen LogP contribution in [0.4, 0.5) is 4.39 Å². The Kier molecular flexibility index (Phi) is 4.40. The van der Waals surface area contributed by atoms with Crippen LogP contribution in [0.1, 0.15) is 29.2 Å². The molecular weight excluding hydrogens is 363 g/mol. The van der Waals surface area contributed by atoms with Crippen LogP contribution in [0.25, 0.3) is 11.3 Å². The molecular formula is C21H21FN2O2S. The number of aromatic nitrogens is 1. The van der Waals surface area contributed by atoms with Crippen molar-refractivity contribution >= 4 is 10.0 Å². The van der Waals surface area contributed by atoms with Gasteiger partial charge in [-0.1, -0.05) is 29.8 Å². The van der Waals surface area contributed by atoms with Gasteiger partial charge in [0.2, 0.25) is 0 Å². The number of hydrogen-bond donors (Lipinski definition) is 1. The molecule has 2 aromatic carbocycles. The number of rotatable bonds is 4. The average molecular weight is 384 g/mol. The number of nitrogens with one attached hydrogen (secondary N) is 1. The molecule has 1 aromatic heterocycles. The van der Waals surface area contributed by atoms with E-state index in [9.17, 15) is 12.8 Å². The van der Waals surface area contributed by atoms with Gasteiger partial charge in [-0.3, -0.25) is 0 Å². The molecule has 0 saturated carbocycles. The number of nitrogens with zero attached hydrogens (tertiary/aromatic N) is 1. The van der Waals surface area contributed by atoms with Gasteiger partial charge in [-0.05, 0) is 62.2 Å². The van der Waals surface area contributed by atoms with E-state index < -0.39 is 15.8 Å². The molecule has 1 heterocycles. The summed E-state index contributed by atoms with van der Waals surface area (Å²) in [5.74, 6) is -0.424. The molecule has 3 aromatic rings. The maximum atomic E-state index is 14.6. The van der Waals surface area contributed by atoms with E-state index in [1.165, 1.54) is 10.0 Å². The smallest absolute Gasteiger partial charge is 0.268 e. The molecule has 1 atom stereocenters. The summed E-state index contributed by atoms with van der Waals surface area (Å²) in [4.78, 5) is 0.195. The minimum atomic E-state index is -3.84. The van der Waals surface area contributed by atoms with Crippen LogP contribution in [-0.2, 0) is 16.4 Å². The summed E-state index contributed by atoms with van der Waals surface area (Å²) in [5.41, 5.74) is 3.54. The number of halogens is 1. The molecule has 0 saturated heterocycles. The summed E-state index contributed by atoms with van der Waals surface area (Å²) >= 11 is 0. The molecule has 27 heavy (non-hydrogen) atoms.